The topological polar surface area (TPSA) is 114 Å². The van der Waals surface area contributed by atoms with Gasteiger partial charge in [0.15, 0.2) is 0 Å². The molecular formula is C19H21N3O7. The molecular weight excluding hydrogens is 382 g/mol. The molecule has 10 nitrogen and oxygen atoms in total. The Morgan fingerprint density at radius 3 is 2.10 bits per heavy atom. The SMILES string of the molecule is CC(C)(C)OC(=O)N1CCN(CC(=O)ON2C(=O)c3ccccc3C2=O)C(=O)C1. The average molecular weight is 403 g/mol. The van der Waals surface area contributed by atoms with Crippen LogP contribution in [0, 0.1) is 0 Å². The van der Waals surface area contributed by atoms with Crippen LogP contribution in [-0.2, 0) is 19.2 Å². The second-order valence-electron chi connectivity index (χ2n) is 7.63. The normalized spacial score (nSPS) is 16.8. The van der Waals surface area contributed by atoms with Gasteiger partial charge < -0.3 is 14.5 Å². The quantitative estimate of drug-likeness (QED) is 0.687. The smallest absolute Gasteiger partial charge is 0.410 e. The molecule has 1 fully saturated rings. The molecule has 0 aliphatic carbocycles. The molecule has 2 aliphatic rings. The predicted molar refractivity (Wildman–Crippen MR) is 97.4 cm³/mol. The highest BCUT2D eigenvalue weighted by molar-refractivity contribution is 6.20. The van der Waals surface area contributed by atoms with Crippen molar-refractivity contribution in [2.45, 2.75) is 26.4 Å². The van der Waals surface area contributed by atoms with E-state index >= 15 is 0 Å². The third-order valence-electron chi connectivity index (χ3n) is 4.24. The van der Waals surface area contributed by atoms with Crippen molar-refractivity contribution in [1.29, 1.82) is 0 Å². The molecule has 0 radical (unpaired) electrons. The van der Waals surface area contributed by atoms with E-state index in [9.17, 15) is 24.0 Å². The summed E-state index contributed by atoms with van der Waals surface area (Å²) in [7, 11) is 0. The number of benzene rings is 1. The maximum Gasteiger partial charge on any atom is 0.410 e. The van der Waals surface area contributed by atoms with Crippen LogP contribution in [0.4, 0.5) is 4.79 Å². The van der Waals surface area contributed by atoms with Crippen molar-refractivity contribution in [3.05, 3.63) is 35.4 Å². The number of nitrogens with zero attached hydrogens (tertiary/aromatic N) is 3. The Hall–Kier alpha value is -3.43. The summed E-state index contributed by atoms with van der Waals surface area (Å²) in [5.74, 6) is -2.87. The van der Waals surface area contributed by atoms with Gasteiger partial charge in [-0.25, -0.2) is 9.59 Å². The Balaban J connectivity index is 1.55. The first-order chi connectivity index (χ1) is 13.6. The van der Waals surface area contributed by atoms with Crippen molar-refractivity contribution in [3.8, 4) is 0 Å². The molecule has 0 N–H and O–H groups in total. The number of fused-ring (bicyclic) bond motifs is 1. The molecule has 154 valence electrons. The number of carbonyl (C=O) groups is 5. The number of hydrogen-bond donors (Lipinski definition) is 0. The zero-order valence-corrected chi connectivity index (χ0v) is 16.3. The molecule has 0 saturated carbocycles. The van der Waals surface area contributed by atoms with Gasteiger partial charge in [0.2, 0.25) is 5.91 Å². The number of piperazine rings is 1. The van der Waals surface area contributed by atoms with Gasteiger partial charge in [-0.05, 0) is 32.9 Å². The minimum atomic E-state index is -0.932. The monoisotopic (exact) mass is 403 g/mol. The lowest BCUT2D eigenvalue weighted by Gasteiger charge is -2.34. The Kier molecular flexibility index (Phi) is 5.27. The molecule has 1 aromatic carbocycles. The van der Waals surface area contributed by atoms with E-state index in [0.29, 0.717) is 5.06 Å². The van der Waals surface area contributed by atoms with Crippen molar-refractivity contribution in [2.75, 3.05) is 26.2 Å². The highest BCUT2D eigenvalue weighted by Crippen LogP contribution is 2.22. The van der Waals surface area contributed by atoms with E-state index in [2.05, 4.69) is 0 Å². The van der Waals surface area contributed by atoms with E-state index in [1.165, 1.54) is 21.9 Å². The van der Waals surface area contributed by atoms with Crippen LogP contribution < -0.4 is 0 Å². The Bertz CT molecular complexity index is 855. The number of imide groups is 1. The minimum Gasteiger partial charge on any atom is -0.444 e. The summed E-state index contributed by atoms with van der Waals surface area (Å²) < 4.78 is 5.23. The van der Waals surface area contributed by atoms with E-state index in [0.717, 1.165) is 0 Å². The molecule has 1 saturated heterocycles. The molecule has 2 heterocycles. The summed E-state index contributed by atoms with van der Waals surface area (Å²) in [4.78, 5) is 68.3. The molecule has 10 heteroatoms. The number of amides is 4. The first-order valence-corrected chi connectivity index (χ1v) is 9.01. The predicted octanol–water partition coefficient (Wildman–Crippen LogP) is 0.820. The van der Waals surface area contributed by atoms with E-state index in [4.69, 9.17) is 9.57 Å². The van der Waals surface area contributed by atoms with Crippen molar-refractivity contribution >= 4 is 29.8 Å². The van der Waals surface area contributed by atoms with Gasteiger partial charge in [0, 0.05) is 13.1 Å². The molecule has 0 unspecified atom stereocenters. The summed E-state index contributed by atoms with van der Waals surface area (Å²) >= 11 is 0. The van der Waals surface area contributed by atoms with E-state index in [1.807, 2.05) is 0 Å². The average Bonchev–Trinajstić information content (AvgIpc) is 2.87. The fourth-order valence-electron chi connectivity index (χ4n) is 2.89. The molecule has 2 aliphatic heterocycles. The molecule has 29 heavy (non-hydrogen) atoms. The number of rotatable bonds is 3. The summed E-state index contributed by atoms with van der Waals surface area (Å²) in [5, 5.41) is 0.397. The van der Waals surface area contributed by atoms with E-state index in [-0.39, 0.29) is 30.8 Å². The lowest BCUT2D eigenvalue weighted by Crippen LogP contribution is -2.54. The van der Waals surface area contributed by atoms with Crippen LogP contribution in [0.2, 0.25) is 0 Å². The molecule has 1 aromatic rings. The summed E-state index contributed by atoms with van der Waals surface area (Å²) in [5.41, 5.74) is -0.396. The molecule has 0 aromatic heterocycles. The summed E-state index contributed by atoms with van der Waals surface area (Å²) in [6.07, 6.45) is -0.612. The lowest BCUT2D eigenvalue weighted by atomic mass is 10.1. The van der Waals surface area contributed by atoms with Crippen molar-refractivity contribution in [2.24, 2.45) is 0 Å². The number of carbonyl (C=O) groups excluding carboxylic acids is 5. The van der Waals surface area contributed by atoms with Crippen molar-refractivity contribution in [1.82, 2.24) is 14.9 Å². The van der Waals surface area contributed by atoms with Crippen LogP contribution in [0.25, 0.3) is 0 Å². The first-order valence-electron chi connectivity index (χ1n) is 9.01. The lowest BCUT2D eigenvalue weighted by molar-refractivity contribution is -0.171. The van der Waals surface area contributed by atoms with Crippen LogP contribution in [0.3, 0.4) is 0 Å². The molecule has 0 spiro atoms. The maximum atomic E-state index is 12.3. The summed E-state index contributed by atoms with van der Waals surface area (Å²) in [6.45, 7) is 4.74. The van der Waals surface area contributed by atoms with Gasteiger partial charge >= 0.3 is 12.1 Å². The zero-order valence-electron chi connectivity index (χ0n) is 16.3. The maximum absolute atomic E-state index is 12.3. The molecule has 3 rings (SSSR count). The van der Waals surface area contributed by atoms with Gasteiger partial charge in [0.25, 0.3) is 11.8 Å². The zero-order chi connectivity index (χ0) is 21.3. The number of hydroxylamine groups is 2. The van der Waals surface area contributed by atoms with Crippen molar-refractivity contribution < 1.29 is 33.5 Å². The number of hydrogen-bond acceptors (Lipinski definition) is 7. The molecule has 4 amide bonds. The third kappa shape index (κ3) is 4.36. The van der Waals surface area contributed by atoms with Gasteiger partial charge in [-0.15, -0.1) is 0 Å². The van der Waals surface area contributed by atoms with Gasteiger partial charge in [-0.2, -0.15) is 0 Å². The van der Waals surface area contributed by atoms with Crippen molar-refractivity contribution in [3.63, 3.8) is 0 Å². The fourth-order valence-corrected chi connectivity index (χ4v) is 2.89. The first kappa shape index (κ1) is 20.3. The standard InChI is InChI=1S/C19H21N3O7/c1-19(2,3)28-18(27)21-9-8-20(14(23)10-21)11-15(24)29-22-16(25)12-6-4-5-7-13(12)17(22)26/h4-7H,8-11H2,1-3H3. The van der Waals surface area contributed by atoms with Crippen LogP contribution >= 0.6 is 0 Å². The third-order valence-corrected chi connectivity index (χ3v) is 4.24. The Morgan fingerprint density at radius 1 is 1.00 bits per heavy atom. The van der Waals surface area contributed by atoms with Crippen LogP contribution in [0.5, 0.6) is 0 Å². The second kappa shape index (κ2) is 7.53. The van der Waals surface area contributed by atoms with Gasteiger partial charge in [0.1, 0.15) is 18.7 Å². The molecule has 0 bridgehead atoms. The minimum absolute atomic E-state index is 0.0926. The molecule has 0 atom stereocenters. The largest absolute Gasteiger partial charge is 0.444 e. The van der Waals surface area contributed by atoms with Crippen LogP contribution in [0.15, 0.2) is 24.3 Å². The Labute approximate surface area is 166 Å². The highest BCUT2D eigenvalue weighted by atomic mass is 16.7. The van der Waals surface area contributed by atoms with E-state index in [1.54, 1.807) is 32.9 Å². The van der Waals surface area contributed by atoms with E-state index < -0.39 is 41.9 Å². The van der Waals surface area contributed by atoms with Crippen LogP contribution in [0.1, 0.15) is 41.5 Å². The van der Waals surface area contributed by atoms with Gasteiger partial charge in [-0.1, -0.05) is 17.2 Å². The Morgan fingerprint density at radius 2 is 1.59 bits per heavy atom. The number of ether oxygens (including phenoxy) is 1. The van der Waals surface area contributed by atoms with Gasteiger partial charge in [-0.3, -0.25) is 19.3 Å². The van der Waals surface area contributed by atoms with Gasteiger partial charge in [0.05, 0.1) is 11.1 Å². The van der Waals surface area contributed by atoms with Crippen LogP contribution in [-0.4, -0.2) is 76.4 Å². The highest BCUT2D eigenvalue weighted by Gasteiger charge is 2.39. The fraction of sp³-hybridized carbons (Fsp3) is 0.421. The summed E-state index contributed by atoms with van der Waals surface area (Å²) in [6, 6.07) is 6.11. The second-order valence-corrected chi connectivity index (χ2v) is 7.63.